The van der Waals surface area contributed by atoms with Crippen molar-refractivity contribution in [2.24, 2.45) is 42.3 Å². The third kappa shape index (κ3) is 17.3. The number of aromatic nitrogens is 24. The average molecular weight is 1400 g/mol. The van der Waals surface area contributed by atoms with Crippen LogP contribution in [0.2, 0.25) is 0 Å². The number of ketones is 3. The van der Waals surface area contributed by atoms with Crippen molar-refractivity contribution in [1.29, 1.82) is 0 Å². The van der Waals surface area contributed by atoms with Crippen molar-refractivity contribution in [3.8, 4) is 79.2 Å². The Bertz CT molecular complexity index is 4790. The number of carbonyl (C=O) groups is 6. The molecule has 0 aliphatic heterocycles. The van der Waals surface area contributed by atoms with Gasteiger partial charge in [0.1, 0.15) is 67.9 Å². The van der Waals surface area contributed by atoms with E-state index in [1.807, 2.05) is 20.8 Å². The van der Waals surface area contributed by atoms with Crippen molar-refractivity contribution in [2.45, 2.75) is 34.6 Å². The summed E-state index contributed by atoms with van der Waals surface area (Å²) in [5.41, 5.74) is 11.6. The van der Waals surface area contributed by atoms with Gasteiger partial charge in [-0.1, -0.05) is 0 Å². The van der Waals surface area contributed by atoms with E-state index in [9.17, 15) is 33.9 Å². The zero-order valence-electron chi connectivity index (χ0n) is 57.1. The Balaban J connectivity index is 0.000000172. The van der Waals surface area contributed by atoms with E-state index < -0.39 is 43.5 Å². The maximum Gasteiger partial charge on any atom is 0.354 e. The number of ether oxygens (including phenoxy) is 2. The molecule has 12 aromatic rings. The lowest BCUT2D eigenvalue weighted by Crippen LogP contribution is -2.12. The van der Waals surface area contributed by atoms with Crippen LogP contribution in [0.25, 0.3) is 67.5 Å². The first-order chi connectivity index (χ1) is 48.8. The number of aliphatic hydroxyl groups excluding tert-OH is 3. The Morgan fingerprint density at radius 1 is 0.343 bits per heavy atom. The van der Waals surface area contributed by atoms with Gasteiger partial charge >= 0.3 is 17.9 Å². The highest BCUT2D eigenvalue weighted by molar-refractivity contribution is 6.03. The van der Waals surface area contributed by atoms with Crippen LogP contribution in [0.4, 0.5) is 0 Å². The van der Waals surface area contributed by atoms with Crippen LogP contribution in [0, 0.1) is 34.6 Å². The van der Waals surface area contributed by atoms with Gasteiger partial charge in [0.2, 0.25) is 23.2 Å². The van der Waals surface area contributed by atoms with Crippen molar-refractivity contribution in [2.75, 3.05) is 34.0 Å². The molecule has 12 aromatic heterocycles. The fraction of sp³-hybridized carbons (Fsp3) is 0.250. The highest BCUT2D eigenvalue weighted by Crippen LogP contribution is 2.32. The molecule has 0 aromatic carbocycles. The molecule has 0 fully saturated rings. The first-order valence-corrected chi connectivity index (χ1v) is 29.8. The summed E-state index contributed by atoms with van der Waals surface area (Å²) in [6, 6.07) is 0. The van der Waals surface area contributed by atoms with Gasteiger partial charge in [-0.2, -0.15) is 30.6 Å². The predicted molar refractivity (Wildman–Crippen MR) is 357 cm³/mol. The summed E-state index contributed by atoms with van der Waals surface area (Å²) in [5, 5.41) is 78.1. The molecule has 0 amide bonds. The monoisotopic (exact) mass is 1400 g/mol. The number of Topliss-reactive ketones (excluding diaryl/α,β-unsaturated/α-hetero) is 3. The molecule has 12 rings (SSSR count). The van der Waals surface area contributed by atoms with Crippen LogP contribution in [0.5, 0.6) is 11.6 Å². The Hall–Kier alpha value is -13.4. The van der Waals surface area contributed by atoms with Gasteiger partial charge in [0.05, 0.1) is 125 Å². The summed E-state index contributed by atoms with van der Waals surface area (Å²) < 4.78 is 18.4. The smallest absolute Gasteiger partial charge is 0.354 e. The minimum absolute atomic E-state index is 0.0823. The molecule has 0 unspecified atom stereocenters. The van der Waals surface area contributed by atoms with Crippen LogP contribution in [0.3, 0.4) is 0 Å². The molecule has 0 aliphatic carbocycles. The van der Waals surface area contributed by atoms with E-state index in [1.165, 1.54) is 105 Å². The highest BCUT2D eigenvalue weighted by atomic mass is 16.5. The molecule has 0 atom stereocenters. The number of aliphatic hydroxyl groups is 3. The molecule has 38 heteroatoms. The van der Waals surface area contributed by atoms with Crippen LogP contribution in [0.15, 0.2) is 106 Å². The zero-order valence-corrected chi connectivity index (χ0v) is 57.1. The molecular formula is C64H68N24O14. The Morgan fingerprint density at radius 2 is 0.637 bits per heavy atom. The molecule has 102 heavy (non-hydrogen) atoms. The molecule has 0 saturated heterocycles. The second-order valence-electron chi connectivity index (χ2n) is 21.2. The van der Waals surface area contributed by atoms with Gasteiger partial charge < -0.3 is 40.1 Å². The van der Waals surface area contributed by atoms with Gasteiger partial charge in [0.15, 0.2) is 22.8 Å². The first kappa shape index (κ1) is 76.0. The van der Waals surface area contributed by atoms with Crippen LogP contribution >= 0.6 is 0 Å². The van der Waals surface area contributed by atoms with E-state index in [1.54, 1.807) is 99.5 Å². The minimum atomic E-state index is -1.05. The largest absolute Gasteiger partial charge is 0.493 e. The van der Waals surface area contributed by atoms with Crippen LogP contribution in [-0.2, 0) is 42.3 Å². The van der Waals surface area contributed by atoms with Crippen molar-refractivity contribution in [1.82, 2.24) is 118 Å². The Morgan fingerprint density at radius 3 is 0.971 bits per heavy atom. The van der Waals surface area contributed by atoms with E-state index in [0.29, 0.717) is 108 Å². The molecule has 12 heterocycles. The fourth-order valence-electron chi connectivity index (χ4n) is 9.93. The number of carbonyl (C=O) groups excluding carboxylic acids is 3. The lowest BCUT2D eigenvalue weighted by Gasteiger charge is -2.07. The summed E-state index contributed by atoms with van der Waals surface area (Å²) in [5.74, 6) is -3.43. The zero-order chi connectivity index (χ0) is 74.6. The van der Waals surface area contributed by atoms with Gasteiger partial charge in [-0.25, -0.2) is 54.3 Å². The van der Waals surface area contributed by atoms with Gasteiger partial charge in [0.25, 0.3) is 0 Å². The minimum Gasteiger partial charge on any atom is -0.493 e. The SMILES string of the molecule is COc1cncnc1-c1cnn(C)c1C(=O)CO.COc1ncnc(-c2cnn(C)c2C(=O)O)c1C.Cc1cncnc1-c1cnn(C)c1C(=O)CO.Cc1cncnc1-c1cnn(C)c1C(=O)O.Cc1nccnc1-c1cnn(C)c1C(=O)CO.Cc1nccnc1-c1cnn(C)c1C(=O)O. The third-order valence-corrected chi connectivity index (χ3v) is 14.7. The third-order valence-electron chi connectivity index (χ3n) is 14.7. The molecule has 0 aliphatic rings. The van der Waals surface area contributed by atoms with Gasteiger partial charge in [-0.05, 0) is 45.7 Å². The van der Waals surface area contributed by atoms with Crippen molar-refractivity contribution < 1.29 is 68.9 Å². The quantitative estimate of drug-likeness (QED) is 0.0711. The van der Waals surface area contributed by atoms with Crippen LogP contribution < -0.4 is 9.47 Å². The predicted octanol–water partition coefficient (Wildman–Crippen LogP) is 3.44. The number of methoxy groups -OCH3 is 2. The number of nitrogens with zero attached hydrogens (tertiary/aromatic N) is 24. The molecular weight excluding hydrogens is 1330 g/mol. The number of aryl methyl sites for hydroxylation is 10. The van der Waals surface area contributed by atoms with E-state index in [-0.39, 0.29) is 34.3 Å². The van der Waals surface area contributed by atoms with Crippen LogP contribution in [-0.4, -0.2) is 218 Å². The molecule has 0 radical (unpaired) electrons. The molecule has 6 N–H and O–H groups in total. The van der Waals surface area contributed by atoms with Gasteiger partial charge in [-0.3, -0.25) is 62.4 Å². The summed E-state index contributed by atoms with van der Waals surface area (Å²) in [4.78, 5) is 117. The number of carboxylic acids is 3. The van der Waals surface area contributed by atoms with Crippen LogP contribution in [0.1, 0.15) is 91.0 Å². The molecule has 38 nitrogen and oxygen atoms in total. The standard InChI is InChI=1S/2C11H12N4O3.2C11H12N4O2.2C10H10N4O2/c1-15-11(8(17)5-16)7(3-14-15)10-9(18-2)4-12-6-13-10;1-6-8(12-5-13-10(6)18-3)7-4-14-15(2)9(7)11(16)17;1-7-3-12-6-13-10(7)8-4-14-15(2)11(8)9(17)5-16;1-7-10(13-4-3-12-7)8-5-14-15(2)11(8)9(17)6-16;1-6-3-11-5-12-8(6)7-4-13-14(2)9(7)10(15)16;1-6-8(12-4-3-11-6)7-5-13-14(2)9(7)10(15)16/h3-4,6,16H,5H2,1-2H3;4-5H,1-3H3,(H,16,17);3-4,6,16H,5H2,1-2H3;3-5,16H,6H2,1-2H3;2*3-5H,1-2H3,(H,15,16). The number of hydrogen-bond donors (Lipinski definition) is 6. The first-order valence-electron chi connectivity index (χ1n) is 29.8. The summed E-state index contributed by atoms with van der Waals surface area (Å²) in [6.07, 6.45) is 25.6. The van der Waals surface area contributed by atoms with Gasteiger partial charge in [-0.15, -0.1) is 0 Å². The topological polar surface area (TPSA) is 504 Å². The normalized spacial score (nSPS) is 10.4. The second-order valence-corrected chi connectivity index (χ2v) is 21.2. The molecule has 0 bridgehead atoms. The maximum atomic E-state index is 11.7. The second kappa shape index (κ2) is 34.7. The summed E-state index contributed by atoms with van der Waals surface area (Å²) >= 11 is 0. The van der Waals surface area contributed by atoms with Gasteiger partial charge in [0, 0.05) is 90.6 Å². The number of rotatable bonds is 17. The number of hydrogen-bond acceptors (Lipinski definition) is 29. The van der Waals surface area contributed by atoms with E-state index >= 15 is 0 Å². The maximum absolute atomic E-state index is 11.7. The lowest BCUT2D eigenvalue weighted by molar-refractivity contribution is 0.0675. The number of carboxylic acid groups (broad SMARTS) is 3. The Kier molecular flexibility index (Phi) is 25.9. The molecule has 0 spiro atoms. The summed E-state index contributed by atoms with van der Waals surface area (Å²) in [6.45, 7) is 7.36. The summed E-state index contributed by atoms with van der Waals surface area (Å²) in [7, 11) is 12.7. The van der Waals surface area contributed by atoms with Crippen molar-refractivity contribution >= 4 is 35.3 Å². The van der Waals surface area contributed by atoms with E-state index in [2.05, 4.69) is 90.4 Å². The van der Waals surface area contributed by atoms with E-state index in [4.69, 9.17) is 35.0 Å². The molecule has 0 saturated carbocycles. The van der Waals surface area contributed by atoms with Crippen molar-refractivity contribution in [3.05, 3.63) is 168 Å². The highest BCUT2D eigenvalue weighted by Gasteiger charge is 2.26. The number of aromatic carboxylic acids is 3. The lowest BCUT2D eigenvalue weighted by atomic mass is 10.1. The van der Waals surface area contributed by atoms with E-state index in [0.717, 1.165) is 11.1 Å². The molecule has 528 valence electrons. The van der Waals surface area contributed by atoms with Crippen molar-refractivity contribution in [3.63, 3.8) is 0 Å². The fourth-order valence-corrected chi connectivity index (χ4v) is 9.93. The average Bonchev–Trinajstić information content (AvgIpc) is 1.62. The Labute approximate surface area is 578 Å².